The Balaban J connectivity index is 1.47. The highest BCUT2D eigenvalue weighted by Gasteiger charge is 2.44. The number of hydrogen-bond donors (Lipinski definition) is 0. The molecule has 2 atom stereocenters. The lowest BCUT2D eigenvalue weighted by atomic mass is 10.0. The second kappa shape index (κ2) is 7.28. The van der Waals surface area contributed by atoms with Crippen LogP contribution in [0.1, 0.15) is 51.2 Å². The van der Waals surface area contributed by atoms with Crippen LogP contribution in [0.25, 0.3) is 0 Å². The van der Waals surface area contributed by atoms with Crippen molar-refractivity contribution in [3.8, 4) is 5.75 Å². The first-order valence-electron chi connectivity index (χ1n) is 9.98. The predicted molar refractivity (Wildman–Crippen MR) is 108 cm³/mol. The Labute approximate surface area is 170 Å². The van der Waals surface area contributed by atoms with Gasteiger partial charge in [-0.05, 0) is 64.2 Å². The fourth-order valence-electron chi connectivity index (χ4n) is 4.61. The van der Waals surface area contributed by atoms with Crippen LogP contribution in [0, 0.1) is 0 Å². The maximum absolute atomic E-state index is 12.6. The normalized spacial score (nSPS) is 25.1. The summed E-state index contributed by atoms with van der Waals surface area (Å²) in [5.74, 6) is 1.08. The number of amides is 1. The van der Waals surface area contributed by atoms with Gasteiger partial charge in [-0.25, -0.2) is 4.79 Å². The maximum atomic E-state index is 12.6. The molecule has 3 aliphatic rings. The fraction of sp³-hybridized carbons (Fsp3) is 0.667. The van der Waals surface area contributed by atoms with E-state index in [0.717, 1.165) is 62.1 Å². The van der Waals surface area contributed by atoms with Crippen LogP contribution in [0.15, 0.2) is 16.6 Å². The summed E-state index contributed by atoms with van der Waals surface area (Å²) in [6.07, 6.45) is 4.14. The number of piperazine rings is 1. The van der Waals surface area contributed by atoms with Crippen molar-refractivity contribution >= 4 is 22.0 Å². The topological polar surface area (TPSA) is 42.0 Å². The highest BCUT2D eigenvalue weighted by molar-refractivity contribution is 9.10. The number of carbonyl (C=O) groups is 1. The van der Waals surface area contributed by atoms with E-state index < -0.39 is 5.60 Å². The predicted octanol–water partition coefficient (Wildman–Crippen LogP) is 4.36. The number of carbonyl (C=O) groups excluding carboxylic acids is 1. The largest absolute Gasteiger partial charge is 0.493 e. The molecule has 0 radical (unpaired) electrons. The molecule has 3 aliphatic heterocycles. The third-order valence-electron chi connectivity index (χ3n) is 5.60. The van der Waals surface area contributed by atoms with Gasteiger partial charge in [0.15, 0.2) is 0 Å². The SMILES string of the molecule is CC(C)(C)OC(=O)N1C2CCC1CN(Cc1cc(Br)cc3c1OCCC3)C2. The van der Waals surface area contributed by atoms with Crippen LogP contribution in [-0.4, -0.2) is 53.3 Å². The van der Waals surface area contributed by atoms with E-state index in [0.29, 0.717) is 0 Å². The third kappa shape index (κ3) is 4.11. The smallest absolute Gasteiger partial charge is 0.410 e. The number of fused-ring (bicyclic) bond motifs is 3. The number of ether oxygens (including phenoxy) is 2. The summed E-state index contributed by atoms with van der Waals surface area (Å²) >= 11 is 3.66. The number of nitrogens with zero attached hydrogens (tertiary/aromatic N) is 2. The van der Waals surface area contributed by atoms with Gasteiger partial charge >= 0.3 is 6.09 Å². The zero-order valence-electron chi connectivity index (χ0n) is 16.5. The maximum Gasteiger partial charge on any atom is 0.410 e. The van der Waals surface area contributed by atoms with Crippen molar-refractivity contribution in [2.75, 3.05) is 19.7 Å². The molecule has 0 N–H and O–H groups in total. The molecule has 6 heteroatoms. The lowest BCUT2D eigenvalue weighted by Gasteiger charge is -2.41. The monoisotopic (exact) mass is 436 g/mol. The molecular formula is C21H29BrN2O3. The molecule has 148 valence electrons. The number of likely N-dealkylation sites (tertiary alicyclic amines) is 1. The first-order chi connectivity index (χ1) is 12.8. The number of hydrogen-bond acceptors (Lipinski definition) is 4. The molecule has 1 amide bonds. The number of benzene rings is 1. The number of rotatable bonds is 2. The van der Waals surface area contributed by atoms with Crippen LogP contribution in [-0.2, 0) is 17.7 Å². The highest BCUT2D eigenvalue weighted by atomic mass is 79.9. The molecule has 27 heavy (non-hydrogen) atoms. The van der Waals surface area contributed by atoms with Crippen molar-refractivity contribution in [1.29, 1.82) is 0 Å². The Morgan fingerprint density at radius 2 is 1.96 bits per heavy atom. The van der Waals surface area contributed by atoms with E-state index in [1.807, 2.05) is 25.7 Å². The lowest BCUT2D eigenvalue weighted by Crippen LogP contribution is -2.56. The van der Waals surface area contributed by atoms with Crippen LogP contribution in [0.3, 0.4) is 0 Å². The minimum atomic E-state index is -0.444. The molecule has 0 aromatic heterocycles. The minimum absolute atomic E-state index is 0.155. The minimum Gasteiger partial charge on any atom is -0.493 e. The van der Waals surface area contributed by atoms with Crippen LogP contribution in [0.4, 0.5) is 4.79 Å². The summed E-state index contributed by atoms with van der Waals surface area (Å²) in [5.41, 5.74) is 2.12. The molecule has 2 saturated heterocycles. The van der Waals surface area contributed by atoms with Gasteiger partial charge in [0, 0.05) is 41.8 Å². The molecule has 3 heterocycles. The molecule has 0 aliphatic carbocycles. The first-order valence-corrected chi connectivity index (χ1v) is 10.8. The van der Waals surface area contributed by atoms with E-state index >= 15 is 0 Å². The van der Waals surface area contributed by atoms with Gasteiger partial charge in [-0.3, -0.25) is 9.80 Å². The van der Waals surface area contributed by atoms with E-state index in [1.54, 1.807) is 0 Å². The Morgan fingerprint density at radius 1 is 1.26 bits per heavy atom. The molecule has 0 saturated carbocycles. The Morgan fingerprint density at radius 3 is 2.63 bits per heavy atom. The van der Waals surface area contributed by atoms with Crippen molar-refractivity contribution in [3.63, 3.8) is 0 Å². The van der Waals surface area contributed by atoms with Crippen LogP contribution in [0.5, 0.6) is 5.75 Å². The fourth-order valence-corrected chi connectivity index (χ4v) is 5.16. The molecule has 0 spiro atoms. The van der Waals surface area contributed by atoms with Gasteiger partial charge in [0.05, 0.1) is 6.61 Å². The van der Waals surface area contributed by atoms with Crippen LogP contribution >= 0.6 is 15.9 Å². The van der Waals surface area contributed by atoms with Gasteiger partial charge in [-0.15, -0.1) is 0 Å². The summed E-state index contributed by atoms with van der Waals surface area (Å²) in [4.78, 5) is 17.1. The average Bonchev–Trinajstić information content (AvgIpc) is 2.85. The summed E-state index contributed by atoms with van der Waals surface area (Å²) in [7, 11) is 0. The summed E-state index contributed by atoms with van der Waals surface area (Å²) < 4.78 is 12.8. The number of halogens is 1. The van der Waals surface area contributed by atoms with Crippen molar-refractivity contribution in [3.05, 3.63) is 27.7 Å². The summed E-state index contributed by atoms with van der Waals surface area (Å²) in [6, 6.07) is 4.87. The van der Waals surface area contributed by atoms with E-state index in [1.165, 1.54) is 11.1 Å². The molecule has 2 fully saturated rings. The Hall–Kier alpha value is -1.27. The van der Waals surface area contributed by atoms with Crippen molar-refractivity contribution in [2.45, 2.75) is 70.7 Å². The molecule has 1 aromatic carbocycles. The Kier molecular flexibility index (Phi) is 5.14. The zero-order chi connectivity index (χ0) is 19.2. The zero-order valence-corrected chi connectivity index (χ0v) is 18.0. The molecule has 2 unspecified atom stereocenters. The van der Waals surface area contributed by atoms with Crippen molar-refractivity contribution in [1.82, 2.24) is 9.80 Å². The van der Waals surface area contributed by atoms with Gasteiger partial charge in [0.25, 0.3) is 0 Å². The summed E-state index contributed by atoms with van der Waals surface area (Å²) in [6.45, 7) is 9.27. The van der Waals surface area contributed by atoms with Gasteiger partial charge in [0.1, 0.15) is 11.4 Å². The second-order valence-electron chi connectivity index (χ2n) is 8.97. The standard InChI is InChI=1S/C21H29BrN2O3/c1-21(2,3)27-20(25)24-17-6-7-18(24)13-23(12-17)11-15-10-16(22)9-14-5-4-8-26-19(14)15/h9-10,17-18H,4-8,11-13H2,1-3H3. The Bertz CT molecular complexity index is 717. The van der Waals surface area contributed by atoms with E-state index in [9.17, 15) is 4.79 Å². The van der Waals surface area contributed by atoms with Gasteiger partial charge in [0.2, 0.25) is 0 Å². The third-order valence-corrected chi connectivity index (χ3v) is 6.06. The van der Waals surface area contributed by atoms with Crippen LogP contribution in [0.2, 0.25) is 0 Å². The van der Waals surface area contributed by atoms with E-state index in [4.69, 9.17) is 9.47 Å². The van der Waals surface area contributed by atoms with Crippen molar-refractivity contribution < 1.29 is 14.3 Å². The van der Waals surface area contributed by atoms with E-state index in [2.05, 4.69) is 33.0 Å². The van der Waals surface area contributed by atoms with Crippen LogP contribution < -0.4 is 4.74 Å². The molecule has 2 bridgehead atoms. The molecule has 5 nitrogen and oxygen atoms in total. The lowest BCUT2D eigenvalue weighted by molar-refractivity contribution is -0.00554. The molecule has 4 rings (SSSR count). The van der Waals surface area contributed by atoms with Gasteiger partial charge < -0.3 is 9.47 Å². The highest BCUT2D eigenvalue weighted by Crippen LogP contribution is 2.36. The van der Waals surface area contributed by atoms with Gasteiger partial charge in [-0.1, -0.05) is 15.9 Å². The quantitative estimate of drug-likeness (QED) is 0.690. The van der Waals surface area contributed by atoms with Crippen molar-refractivity contribution in [2.24, 2.45) is 0 Å². The first kappa shape index (κ1) is 19.1. The number of aryl methyl sites for hydroxylation is 1. The average molecular weight is 437 g/mol. The summed E-state index contributed by atoms with van der Waals surface area (Å²) in [5, 5.41) is 0. The van der Waals surface area contributed by atoms with E-state index in [-0.39, 0.29) is 18.2 Å². The van der Waals surface area contributed by atoms with Gasteiger partial charge in [-0.2, -0.15) is 0 Å². The molecule has 1 aromatic rings. The molecular weight excluding hydrogens is 408 g/mol. The second-order valence-corrected chi connectivity index (χ2v) is 9.89.